The first-order valence-electron chi connectivity index (χ1n) is 8.69. The fourth-order valence-corrected chi connectivity index (χ4v) is 3.98. The standard InChI is InChI=1S/C19H14BrClF3N3O2/c20-13-3-1-2-11-8-15(29-16(11)13)18(28)27-6-4-26(5-7-27)17-14(21)9-12(10-25-17)19(22,23)24/h1-3,8-10H,4-7H2. The third kappa shape index (κ3) is 3.93. The summed E-state index contributed by atoms with van der Waals surface area (Å²) in [6.07, 6.45) is -3.73. The van der Waals surface area contributed by atoms with Crippen LogP contribution in [0.25, 0.3) is 11.0 Å². The molecule has 1 aliphatic heterocycles. The Kier molecular flexibility index (Phi) is 5.20. The van der Waals surface area contributed by atoms with Gasteiger partial charge in [0.2, 0.25) is 0 Å². The molecule has 0 N–H and O–H groups in total. The number of carbonyl (C=O) groups is 1. The number of alkyl halides is 3. The van der Waals surface area contributed by atoms with Gasteiger partial charge in [0.1, 0.15) is 11.4 Å². The molecule has 3 heterocycles. The van der Waals surface area contributed by atoms with Gasteiger partial charge >= 0.3 is 6.18 Å². The maximum absolute atomic E-state index is 12.8. The molecule has 1 saturated heterocycles. The van der Waals surface area contributed by atoms with E-state index in [1.807, 2.05) is 18.2 Å². The Hall–Kier alpha value is -2.26. The van der Waals surface area contributed by atoms with Crippen molar-refractivity contribution in [3.63, 3.8) is 0 Å². The van der Waals surface area contributed by atoms with Crippen LogP contribution in [0.2, 0.25) is 5.02 Å². The zero-order chi connectivity index (χ0) is 20.8. The Labute approximate surface area is 177 Å². The van der Waals surface area contributed by atoms with Crippen LogP contribution in [0.15, 0.2) is 45.4 Å². The highest BCUT2D eigenvalue weighted by atomic mass is 79.9. The number of furan rings is 1. The van der Waals surface area contributed by atoms with Crippen molar-refractivity contribution >= 4 is 50.2 Å². The van der Waals surface area contributed by atoms with Crippen molar-refractivity contribution in [2.45, 2.75) is 6.18 Å². The molecule has 0 radical (unpaired) electrons. The minimum absolute atomic E-state index is 0.0678. The van der Waals surface area contributed by atoms with Crippen LogP contribution < -0.4 is 4.90 Å². The van der Waals surface area contributed by atoms with Gasteiger partial charge in [0, 0.05) is 37.8 Å². The van der Waals surface area contributed by atoms with Crippen LogP contribution in [-0.2, 0) is 6.18 Å². The second-order valence-corrected chi connectivity index (χ2v) is 7.84. The number of carbonyl (C=O) groups excluding carboxylic acids is 1. The normalized spacial score (nSPS) is 15.2. The molecule has 0 aliphatic carbocycles. The molecule has 4 rings (SSSR count). The van der Waals surface area contributed by atoms with Gasteiger partial charge in [-0.05, 0) is 34.1 Å². The van der Waals surface area contributed by atoms with E-state index in [4.69, 9.17) is 16.0 Å². The molecule has 2 aromatic heterocycles. The Morgan fingerprint density at radius 3 is 2.52 bits per heavy atom. The van der Waals surface area contributed by atoms with Gasteiger partial charge in [0.15, 0.2) is 5.76 Å². The molecule has 0 unspecified atom stereocenters. The highest BCUT2D eigenvalue weighted by Gasteiger charge is 2.32. The second-order valence-electron chi connectivity index (χ2n) is 6.58. The summed E-state index contributed by atoms with van der Waals surface area (Å²) in [5.41, 5.74) is -0.286. The number of pyridine rings is 1. The first-order chi connectivity index (χ1) is 13.7. The minimum atomic E-state index is -4.50. The first-order valence-corrected chi connectivity index (χ1v) is 9.86. The molecule has 10 heteroatoms. The number of anilines is 1. The molecule has 3 aromatic rings. The summed E-state index contributed by atoms with van der Waals surface area (Å²) in [7, 11) is 0. The van der Waals surface area contributed by atoms with Crippen LogP contribution >= 0.6 is 27.5 Å². The molecular weight excluding hydrogens is 475 g/mol. The van der Waals surface area contributed by atoms with Crippen LogP contribution in [0.4, 0.5) is 19.0 Å². The fourth-order valence-electron chi connectivity index (χ4n) is 3.23. The summed E-state index contributed by atoms with van der Waals surface area (Å²) in [5, 5.41) is 0.754. The van der Waals surface area contributed by atoms with Crippen molar-refractivity contribution < 1.29 is 22.4 Å². The maximum Gasteiger partial charge on any atom is 0.417 e. The van der Waals surface area contributed by atoms with Crippen molar-refractivity contribution in [1.82, 2.24) is 9.88 Å². The lowest BCUT2D eigenvalue weighted by Gasteiger charge is -2.35. The van der Waals surface area contributed by atoms with Gasteiger partial charge in [0.25, 0.3) is 5.91 Å². The van der Waals surface area contributed by atoms with Gasteiger partial charge in [-0.15, -0.1) is 0 Å². The summed E-state index contributed by atoms with van der Waals surface area (Å²) in [6, 6.07) is 8.11. The molecule has 0 atom stereocenters. The Balaban J connectivity index is 1.46. The zero-order valence-electron chi connectivity index (χ0n) is 14.8. The van der Waals surface area contributed by atoms with Crippen molar-refractivity contribution in [3.05, 3.63) is 57.3 Å². The molecule has 0 spiro atoms. The van der Waals surface area contributed by atoms with Crippen LogP contribution in [0.1, 0.15) is 16.1 Å². The number of aromatic nitrogens is 1. The van der Waals surface area contributed by atoms with Gasteiger partial charge in [-0.3, -0.25) is 4.79 Å². The lowest BCUT2D eigenvalue weighted by Crippen LogP contribution is -2.49. The van der Waals surface area contributed by atoms with E-state index in [1.54, 1.807) is 15.9 Å². The SMILES string of the molecule is O=C(c1cc2cccc(Br)c2o1)N1CCN(c2ncc(C(F)(F)F)cc2Cl)CC1. The highest BCUT2D eigenvalue weighted by Crippen LogP contribution is 2.34. The quantitative estimate of drug-likeness (QED) is 0.496. The number of amides is 1. The van der Waals surface area contributed by atoms with E-state index in [1.165, 1.54) is 0 Å². The van der Waals surface area contributed by atoms with E-state index in [0.717, 1.165) is 22.1 Å². The number of piperazine rings is 1. The molecule has 1 fully saturated rings. The number of hydrogen-bond donors (Lipinski definition) is 0. The number of para-hydroxylation sites is 1. The fraction of sp³-hybridized carbons (Fsp3) is 0.263. The van der Waals surface area contributed by atoms with Crippen LogP contribution in [-0.4, -0.2) is 42.0 Å². The van der Waals surface area contributed by atoms with E-state index < -0.39 is 11.7 Å². The topological polar surface area (TPSA) is 49.6 Å². The summed E-state index contributed by atoms with van der Waals surface area (Å²) >= 11 is 9.42. The number of hydrogen-bond acceptors (Lipinski definition) is 4. The Bertz CT molecular complexity index is 1080. The Morgan fingerprint density at radius 1 is 1.17 bits per heavy atom. The average molecular weight is 489 g/mol. The maximum atomic E-state index is 12.8. The zero-order valence-corrected chi connectivity index (χ0v) is 17.2. The molecule has 0 bridgehead atoms. The van der Waals surface area contributed by atoms with E-state index in [0.29, 0.717) is 31.8 Å². The van der Waals surface area contributed by atoms with E-state index in [-0.39, 0.29) is 22.5 Å². The summed E-state index contributed by atoms with van der Waals surface area (Å²) in [6.45, 7) is 1.54. The Morgan fingerprint density at radius 2 is 1.90 bits per heavy atom. The molecule has 5 nitrogen and oxygen atoms in total. The van der Waals surface area contributed by atoms with Crippen LogP contribution in [0.5, 0.6) is 0 Å². The van der Waals surface area contributed by atoms with Gasteiger partial charge in [-0.25, -0.2) is 4.98 Å². The second kappa shape index (κ2) is 7.53. The van der Waals surface area contributed by atoms with E-state index >= 15 is 0 Å². The van der Waals surface area contributed by atoms with Crippen molar-refractivity contribution in [3.8, 4) is 0 Å². The van der Waals surface area contributed by atoms with Gasteiger partial charge in [0.05, 0.1) is 15.1 Å². The molecule has 1 amide bonds. The van der Waals surface area contributed by atoms with Crippen LogP contribution in [0.3, 0.4) is 0 Å². The van der Waals surface area contributed by atoms with Crippen molar-refractivity contribution in [1.29, 1.82) is 0 Å². The lowest BCUT2D eigenvalue weighted by atomic mass is 10.2. The summed E-state index contributed by atoms with van der Waals surface area (Å²) < 4.78 is 44.8. The van der Waals surface area contributed by atoms with E-state index in [9.17, 15) is 18.0 Å². The molecule has 1 aromatic carbocycles. The third-order valence-corrected chi connectivity index (χ3v) is 5.62. The first kappa shape index (κ1) is 20.0. The number of rotatable bonds is 2. The molecule has 1 aliphatic rings. The van der Waals surface area contributed by atoms with Crippen molar-refractivity contribution in [2.24, 2.45) is 0 Å². The number of nitrogens with zero attached hydrogens (tertiary/aromatic N) is 3. The largest absolute Gasteiger partial charge is 0.450 e. The van der Waals surface area contributed by atoms with Crippen LogP contribution in [0, 0.1) is 0 Å². The predicted molar refractivity (Wildman–Crippen MR) is 106 cm³/mol. The third-order valence-electron chi connectivity index (χ3n) is 4.72. The lowest BCUT2D eigenvalue weighted by molar-refractivity contribution is -0.137. The van der Waals surface area contributed by atoms with Gasteiger partial charge < -0.3 is 14.2 Å². The minimum Gasteiger partial charge on any atom is -0.450 e. The highest BCUT2D eigenvalue weighted by molar-refractivity contribution is 9.10. The molecular formula is C19H14BrClF3N3O2. The summed E-state index contributed by atoms with van der Waals surface area (Å²) in [4.78, 5) is 20.1. The number of benzene rings is 1. The molecule has 0 saturated carbocycles. The van der Waals surface area contributed by atoms with Gasteiger partial charge in [-0.2, -0.15) is 13.2 Å². The van der Waals surface area contributed by atoms with Crippen molar-refractivity contribution in [2.75, 3.05) is 31.1 Å². The number of halogens is 5. The molecule has 152 valence electrons. The van der Waals surface area contributed by atoms with E-state index in [2.05, 4.69) is 20.9 Å². The predicted octanol–water partition coefficient (Wildman–Crippen LogP) is 5.22. The number of fused-ring (bicyclic) bond motifs is 1. The average Bonchev–Trinajstić information content (AvgIpc) is 3.12. The molecule has 29 heavy (non-hydrogen) atoms. The summed E-state index contributed by atoms with van der Waals surface area (Å²) in [5.74, 6) is 0.282. The smallest absolute Gasteiger partial charge is 0.417 e. The monoisotopic (exact) mass is 487 g/mol. The van der Waals surface area contributed by atoms with Gasteiger partial charge in [-0.1, -0.05) is 23.7 Å².